The number of nitro groups is 1. The molecule has 0 unspecified atom stereocenters. The molecule has 0 fully saturated rings. The number of nitrogens with one attached hydrogen (secondary N) is 1. The van der Waals surface area contributed by atoms with Gasteiger partial charge in [-0.3, -0.25) is 14.9 Å². The fraction of sp³-hybridized carbons (Fsp3) is 0.0800. The van der Waals surface area contributed by atoms with Gasteiger partial charge in [0.15, 0.2) is 17.3 Å². The minimum absolute atomic E-state index is 0.101. The Morgan fingerprint density at radius 3 is 2.60 bits per heavy atom. The predicted octanol–water partition coefficient (Wildman–Crippen LogP) is 6.40. The summed E-state index contributed by atoms with van der Waals surface area (Å²) in [4.78, 5) is 23.4. The first kappa shape index (κ1) is 23.4. The third-order valence-electron chi connectivity index (χ3n) is 4.73. The number of carbonyl (C=O) groups is 1. The molecule has 1 heterocycles. The Morgan fingerprint density at radius 2 is 1.86 bits per heavy atom. The molecule has 0 saturated carbocycles. The Kier molecular flexibility index (Phi) is 6.72. The first-order valence-electron chi connectivity index (χ1n) is 10.3. The molecule has 0 spiro atoms. The van der Waals surface area contributed by atoms with Crippen molar-refractivity contribution in [3.05, 3.63) is 112 Å². The number of ether oxygens (including phenoxy) is 2. The van der Waals surface area contributed by atoms with Crippen LogP contribution in [-0.2, 0) is 6.61 Å². The smallest absolute Gasteiger partial charge is 0.291 e. The van der Waals surface area contributed by atoms with Crippen LogP contribution in [0.4, 0.5) is 20.2 Å². The molecule has 0 aliphatic carbocycles. The lowest BCUT2D eigenvalue weighted by Gasteiger charge is -2.09. The standard InChI is InChI=1S/C25H18F2N2O6/c1-15-3-2-4-19(9-15)34-21-12-17(11-18(13-21)29(31)32)28-25(30)24-8-6-20(35-24)14-33-23-7-5-16(26)10-22(23)27/h2-13H,14H2,1H3,(H,28,30). The molecule has 0 aliphatic heterocycles. The Morgan fingerprint density at radius 1 is 1.03 bits per heavy atom. The number of hydrogen-bond acceptors (Lipinski definition) is 6. The second-order valence-electron chi connectivity index (χ2n) is 7.47. The van der Waals surface area contributed by atoms with E-state index in [4.69, 9.17) is 13.9 Å². The van der Waals surface area contributed by atoms with Crippen LogP contribution in [0, 0.1) is 28.7 Å². The van der Waals surface area contributed by atoms with Crippen molar-refractivity contribution in [2.75, 3.05) is 5.32 Å². The number of aryl methyl sites for hydroxylation is 1. The quantitative estimate of drug-likeness (QED) is 0.231. The highest BCUT2D eigenvalue weighted by Crippen LogP contribution is 2.30. The van der Waals surface area contributed by atoms with Crippen LogP contribution in [0.25, 0.3) is 0 Å². The van der Waals surface area contributed by atoms with E-state index in [-0.39, 0.29) is 41.0 Å². The molecule has 0 aliphatic rings. The average molecular weight is 480 g/mol. The molecular formula is C25H18F2N2O6. The number of amides is 1. The monoisotopic (exact) mass is 480 g/mol. The Labute approximate surface area is 197 Å². The lowest BCUT2D eigenvalue weighted by molar-refractivity contribution is -0.384. The molecule has 35 heavy (non-hydrogen) atoms. The summed E-state index contributed by atoms with van der Waals surface area (Å²) in [6, 6.07) is 16.7. The van der Waals surface area contributed by atoms with Crippen molar-refractivity contribution in [3.8, 4) is 17.2 Å². The number of non-ortho nitro benzene ring substituents is 1. The molecule has 1 amide bonds. The maximum Gasteiger partial charge on any atom is 0.291 e. The number of nitrogens with zero attached hydrogens (tertiary/aromatic N) is 1. The Balaban J connectivity index is 1.46. The van der Waals surface area contributed by atoms with E-state index in [0.29, 0.717) is 11.8 Å². The van der Waals surface area contributed by atoms with E-state index in [9.17, 15) is 23.7 Å². The van der Waals surface area contributed by atoms with Crippen LogP contribution in [0.3, 0.4) is 0 Å². The zero-order valence-corrected chi connectivity index (χ0v) is 18.3. The van der Waals surface area contributed by atoms with Crippen LogP contribution in [0.2, 0.25) is 0 Å². The number of rotatable bonds is 8. The molecule has 1 N–H and O–H groups in total. The summed E-state index contributed by atoms with van der Waals surface area (Å²) >= 11 is 0. The van der Waals surface area contributed by atoms with E-state index in [2.05, 4.69) is 5.32 Å². The molecule has 10 heteroatoms. The van der Waals surface area contributed by atoms with Gasteiger partial charge in [-0.25, -0.2) is 8.78 Å². The van der Waals surface area contributed by atoms with Crippen LogP contribution in [0.1, 0.15) is 21.9 Å². The number of nitro benzene ring substituents is 1. The van der Waals surface area contributed by atoms with Gasteiger partial charge in [0.25, 0.3) is 11.6 Å². The maximum atomic E-state index is 13.7. The summed E-state index contributed by atoms with van der Waals surface area (Å²) in [5.41, 5.74) is 0.788. The van der Waals surface area contributed by atoms with Gasteiger partial charge in [-0.1, -0.05) is 12.1 Å². The van der Waals surface area contributed by atoms with Gasteiger partial charge < -0.3 is 19.2 Å². The lowest BCUT2D eigenvalue weighted by atomic mass is 10.2. The van der Waals surface area contributed by atoms with Gasteiger partial charge in [0, 0.05) is 18.2 Å². The van der Waals surface area contributed by atoms with E-state index in [1.165, 1.54) is 30.3 Å². The Hall–Kier alpha value is -4.73. The van der Waals surface area contributed by atoms with E-state index in [1.54, 1.807) is 18.2 Å². The maximum absolute atomic E-state index is 13.7. The van der Waals surface area contributed by atoms with Crippen molar-refractivity contribution < 1.29 is 32.4 Å². The topological polar surface area (TPSA) is 104 Å². The normalized spacial score (nSPS) is 10.6. The number of anilines is 1. The average Bonchev–Trinajstić information content (AvgIpc) is 3.27. The third-order valence-corrected chi connectivity index (χ3v) is 4.73. The van der Waals surface area contributed by atoms with Crippen molar-refractivity contribution in [3.63, 3.8) is 0 Å². The molecular weight excluding hydrogens is 462 g/mol. The number of carbonyl (C=O) groups excluding carboxylic acids is 1. The highest BCUT2D eigenvalue weighted by Gasteiger charge is 2.17. The zero-order valence-electron chi connectivity index (χ0n) is 18.3. The fourth-order valence-electron chi connectivity index (χ4n) is 3.15. The molecule has 8 nitrogen and oxygen atoms in total. The Bertz CT molecular complexity index is 1400. The first-order chi connectivity index (χ1) is 16.8. The molecule has 0 saturated heterocycles. The van der Waals surface area contributed by atoms with Crippen molar-refractivity contribution in [1.29, 1.82) is 0 Å². The number of furan rings is 1. The molecule has 4 rings (SSSR count). The minimum Gasteiger partial charge on any atom is -0.483 e. The number of halogens is 2. The summed E-state index contributed by atoms with van der Waals surface area (Å²) < 4.78 is 43.1. The molecule has 3 aromatic carbocycles. The van der Waals surface area contributed by atoms with Crippen molar-refractivity contribution in [2.45, 2.75) is 13.5 Å². The van der Waals surface area contributed by atoms with Gasteiger partial charge >= 0.3 is 0 Å². The summed E-state index contributed by atoms with van der Waals surface area (Å²) in [6.45, 7) is 1.67. The van der Waals surface area contributed by atoms with E-state index in [0.717, 1.165) is 17.7 Å². The van der Waals surface area contributed by atoms with Crippen LogP contribution < -0.4 is 14.8 Å². The molecule has 4 aromatic rings. The molecule has 0 radical (unpaired) electrons. The second kappa shape index (κ2) is 10.0. The van der Waals surface area contributed by atoms with Crippen molar-refractivity contribution >= 4 is 17.3 Å². The fourth-order valence-corrected chi connectivity index (χ4v) is 3.15. The van der Waals surface area contributed by atoms with Gasteiger partial charge in [0.1, 0.15) is 29.7 Å². The predicted molar refractivity (Wildman–Crippen MR) is 122 cm³/mol. The van der Waals surface area contributed by atoms with Gasteiger partial charge in [0.2, 0.25) is 0 Å². The number of hydrogen-bond donors (Lipinski definition) is 1. The van der Waals surface area contributed by atoms with Crippen LogP contribution in [-0.4, -0.2) is 10.8 Å². The number of benzene rings is 3. The largest absolute Gasteiger partial charge is 0.483 e. The van der Waals surface area contributed by atoms with Gasteiger partial charge in [-0.05, 0) is 48.9 Å². The van der Waals surface area contributed by atoms with E-state index in [1.807, 2.05) is 13.0 Å². The summed E-state index contributed by atoms with van der Waals surface area (Å²) in [5, 5.41) is 13.9. The third kappa shape index (κ3) is 5.99. The van der Waals surface area contributed by atoms with E-state index >= 15 is 0 Å². The molecule has 0 bridgehead atoms. The lowest BCUT2D eigenvalue weighted by Crippen LogP contribution is -2.11. The van der Waals surface area contributed by atoms with Crippen LogP contribution >= 0.6 is 0 Å². The van der Waals surface area contributed by atoms with Gasteiger partial charge in [-0.15, -0.1) is 0 Å². The zero-order chi connectivity index (χ0) is 24.9. The highest BCUT2D eigenvalue weighted by molar-refractivity contribution is 6.02. The summed E-state index contributed by atoms with van der Waals surface area (Å²) in [7, 11) is 0. The van der Waals surface area contributed by atoms with Crippen LogP contribution in [0.5, 0.6) is 17.2 Å². The summed E-state index contributed by atoms with van der Waals surface area (Å²) in [6.07, 6.45) is 0. The van der Waals surface area contributed by atoms with Crippen molar-refractivity contribution in [2.24, 2.45) is 0 Å². The van der Waals surface area contributed by atoms with Gasteiger partial charge in [-0.2, -0.15) is 0 Å². The SMILES string of the molecule is Cc1cccc(Oc2cc(NC(=O)c3ccc(COc4ccc(F)cc4F)o3)cc([N+](=O)[O-])c2)c1. The van der Waals surface area contributed by atoms with E-state index < -0.39 is 22.5 Å². The second-order valence-corrected chi connectivity index (χ2v) is 7.47. The molecule has 178 valence electrons. The molecule has 0 atom stereocenters. The van der Waals surface area contributed by atoms with Crippen molar-refractivity contribution in [1.82, 2.24) is 0 Å². The molecule has 1 aromatic heterocycles. The van der Waals surface area contributed by atoms with Crippen LogP contribution in [0.15, 0.2) is 77.2 Å². The first-order valence-corrected chi connectivity index (χ1v) is 10.3. The highest BCUT2D eigenvalue weighted by atomic mass is 19.1. The minimum atomic E-state index is -0.871. The summed E-state index contributed by atoms with van der Waals surface area (Å²) in [5.74, 6) is -1.70. The van der Waals surface area contributed by atoms with Gasteiger partial charge in [0.05, 0.1) is 16.7 Å².